The van der Waals surface area contributed by atoms with Crippen molar-refractivity contribution in [2.75, 3.05) is 0 Å². The Morgan fingerprint density at radius 3 is 2.65 bits per heavy atom. The minimum absolute atomic E-state index is 0.0630. The second kappa shape index (κ2) is 5.20. The Labute approximate surface area is 102 Å². The summed E-state index contributed by atoms with van der Waals surface area (Å²) in [5.74, 6) is 0.497. The van der Waals surface area contributed by atoms with E-state index in [9.17, 15) is 5.11 Å². The Kier molecular flexibility index (Phi) is 3.65. The number of para-hydroxylation sites is 1. The average Bonchev–Trinajstić information content (AvgIpc) is 2.39. The van der Waals surface area contributed by atoms with E-state index in [4.69, 9.17) is 11.0 Å². The van der Waals surface area contributed by atoms with Crippen LogP contribution in [0, 0.1) is 17.2 Å². The highest BCUT2D eigenvalue weighted by molar-refractivity contribution is 5.48. The van der Waals surface area contributed by atoms with Crippen molar-refractivity contribution in [3.63, 3.8) is 0 Å². The topological polar surface area (TPSA) is 70.0 Å². The number of nitriles is 1. The van der Waals surface area contributed by atoms with Gasteiger partial charge in [0, 0.05) is 11.6 Å². The zero-order chi connectivity index (χ0) is 12.3. The highest BCUT2D eigenvalue weighted by atomic mass is 16.3. The third kappa shape index (κ3) is 2.42. The number of nitrogens with zero attached hydrogens (tertiary/aromatic N) is 1. The predicted molar refractivity (Wildman–Crippen MR) is 66.3 cm³/mol. The molecule has 17 heavy (non-hydrogen) atoms. The predicted octanol–water partition coefficient (Wildman–Crippen LogP) is 2.84. The number of aromatic hydroxyl groups is 1. The maximum absolute atomic E-state index is 9.99. The van der Waals surface area contributed by atoms with Crippen LogP contribution in [0.2, 0.25) is 0 Å². The van der Waals surface area contributed by atoms with Crippen molar-refractivity contribution in [3.8, 4) is 11.8 Å². The summed E-state index contributed by atoms with van der Waals surface area (Å²) in [6.45, 7) is 0. The lowest BCUT2D eigenvalue weighted by atomic mass is 9.81. The summed E-state index contributed by atoms with van der Waals surface area (Å²) in [4.78, 5) is 0. The van der Waals surface area contributed by atoms with Gasteiger partial charge in [0.05, 0.1) is 5.56 Å². The standard InChI is InChI=1S/C14H18N2O/c15-9-11-7-4-8-12(14(11)17)13(16)10-5-2-1-3-6-10/h4,7-8,10,13,17H,1-3,5-6,16H2/t13-/m0/s1. The zero-order valence-corrected chi connectivity index (χ0v) is 9.89. The highest BCUT2D eigenvalue weighted by Crippen LogP contribution is 2.36. The van der Waals surface area contributed by atoms with E-state index in [2.05, 4.69) is 0 Å². The molecule has 0 heterocycles. The molecule has 3 heteroatoms. The molecule has 0 amide bonds. The van der Waals surface area contributed by atoms with E-state index in [1.54, 1.807) is 12.1 Å². The van der Waals surface area contributed by atoms with Gasteiger partial charge in [0.1, 0.15) is 11.8 Å². The molecule has 1 saturated carbocycles. The molecule has 0 saturated heterocycles. The van der Waals surface area contributed by atoms with Gasteiger partial charge in [-0.15, -0.1) is 0 Å². The molecule has 0 spiro atoms. The molecule has 1 atom stereocenters. The molecular weight excluding hydrogens is 212 g/mol. The molecule has 0 aliphatic heterocycles. The van der Waals surface area contributed by atoms with E-state index in [1.807, 2.05) is 12.1 Å². The summed E-state index contributed by atoms with van der Waals surface area (Å²) in [6, 6.07) is 7.07. The summed E-state index contributed by atoms with van der Waals surface area (Å²) >= 11 is 0. The summed E-state index contributed by atoms with van der Waals surface area (Å²) < 4.78 is 0. The number of rotatable bonds is 2. The highest BCUT2D eigenvalue weighted by Gasteiger charge is 2.24. The van der Waals surface area contributed by atoms with Gasteiger partial charge in [-0.2, -0.15) is 5.26 Å². The van der Waals surface area contributed by atoms with Gasteiger partial charge in [-0.05, 0) is 24.8 Å². The first-order valence-electron chi connectivity index (χ1n) is 6.21. The lowest BCUT2D eigenvalue weighted by molar-refractivity contribution is 0.303. The van der Waals surface area contributed by atoms with E-state index < -0.39 is 0 Å². The molecule has 1 aliphatic carbocycles. The summed E-state index contributed by atoms with van der Waals surface area (Å²) in [5, 5.41) is 18.9. The van der Waals surface area contributed by atoms with Crippen LogP contribution in [0.15, 0.2) is 18.2 Å². The second-order valence-electron chi connectivity index (χ2n) is 4.78. The van der Waals surface area contributed by atoms with Crippen molar-refractivity contribution >= 4 is 0 Å². The molecule has 1 aromatic rings. The molecule has 1 fully saturated rings. The van der Waals surface area contributed by atoms with Crippen LogP contribution >= 0.6 is 0 Å². The third-order valence-corrected chi connectivity index (χ3v) is 3.70. The first-order valence-corrected chi connectivity index (χ1v) is 6.21. The average molecular weight is 230 g/mol. The quantitative estimate of drug-likeness (QED) is 0.820. The number of hydrogen-bond donors (Lipinski definition) is 2. The Balaban J connectivity index is 2.24. The van der Waals surface area contributed by atoms with Gasteiger partial charge in [-0.3, -0.25) is 0 Å². The second-order valence-corrected chi connectivity index (χ2v) is 4.78. The van der Waals surface area contributed by atoms with Crippen molar-refractivity contribution in [2.45, 2.75) is 38.1 Å². The molecule has 3 N–H and O–H groups in total. The fraction of sp³-hybridized carbons (Fsp3) is 0.500. The molecule has 1 aliphatic rings. The zero-order valence-electron chi connectivity index (χ0n) is 9.89. The van der Waals surface area contributed by atoms with Crippen molar-refractivity contribution in [1.82, 2.24) is 0 Å². The van der Waals surface area contributed by atoms with Crippen molar-refractivity contribution in [2.24, 2.45) is 11.7 Å². The van der Waals surface area contributed by atoms with E-state index in [0.717, 1.165) is 18.4 Å². The van der Waals surface area contributed by atoms with Crippen LogP contribution in [-0.2, 0) is 0 Å². The molecule has 0 bridgehead atoms. The number of nitrogens with two attached hydrogens (primary N) is 1. The fourth-order valence-electron chi connectivity index (χ4n) is 2.67. The smallest absolute Gasteiger partial charge is 0.138 e. The number of phenols is 1. The molecule has 0 aromatic heterocycles. The van der Waals surface area contributed by atoms with Crippen LogP contribution in [0.4, 0.5) is 0 Å². The first-order chi connectivity index (χ1) is 8.24. The summed E-state index contributed by atoms with van der Waals surface area (Å²) in [5.41, 5.74) is 7.26. The normalized spacial score (nSPS) is 18.6. The Morgan fingerprint density at radius 1 is 1.29 bits per heavy atom. The van der Waals surface area contributed by atoms with E-state index >= 15 is 0 Å². The molecule has 0 radical (unpaired) electrons. The lowest BCUT2D eigenvalue weighted by Crippen LogP contribution is -2.23. The maximum atomic E-state index is 9.99. The Morgan fingerprint density at radius 2 is 2.00 bits per heavy atom. The van der Waals surface area contributed by atoms with Crippen LogP contribution in [0.25, 0.3) is 0 Å². The maximum Gasteiger partial charge on any atom is 0.138 e. The van der Waals surface area contributed by atoms with Crippen LogP contribution in [0.3, 0.4) is 0 Å². The van der Waals surface area contributed by atoms with Gasteiger partial charge in [0.2, 0.25) is 0 Å². The Hall–Kier alpha value is -1.53. The lowest BCUT2D eigenvalue weighted by Gasteiger charge is -2.28. The molecule has 1 aromatic carbocycles. The van der Waals surface area contributed by atoms with Crippen molar-refractivity contribution in [1.29, 1.82) is 5.26 Å². The summed E-state index contributed by atoms with van der Waals surface area (Å²) in [6.07, 6.45) is 5.97. The number of hydrogen-bond acceptors (Lipinski definition) is 3. The molecular formula is C14H18N2O. The molecule has 2 rings (SSSR count). The largest absolute Gasteiger partial charge is 0.506 e. The number of phenolic OH excluding ortho intramolecular Hbond substituents is 1. The molecule has 90 valence electrons. The van der Waals surface area contributed by atoms with Gasteiger partial charge < -0.3 is 10.8 Å². The van der Waals surface area contributed by atoms with Crippen LogP contribution in [-0.4, -0.2) is 5.11 Å². The van der Waals surface area contributed by atoms with Crippen LogP contribution < -0.4 is 5.73 Å². The van der Waals surface area contributed by atoms with Crippen molar-refractivity contribution < 1.29 is 5.11 Å². The van der Waals surface area contributed by atoms with Gasteiger partial charge in [-0.25, -0.2) is 0 Å². The third-order valence-electron chi connectivity index (χ3n) is 3.70. The number of benzene rings is 1. The van der Waals surface area contributed by atoms with Crippen LogP contribution in [0.1, 0.15) is 49.3 Å². The Bertz CT molecular complexity index is 430. The molecule has 0 unspecified atom stereocenters. The minimum atomic E-state index is -0.149. The summed E-state index contributed by atoms with van der Waals surface area (Å²) in [7, 11) is 0. The van der Waals surface area contributed by atoms with E-state index in [-0.39, 0.29) is 11.8 Å². The van der Waals surface area contributed by atoms with Gasteiger partial charge in [0.15, 0.2) is 0 Å². The molecule has 3 nitrogen and oxygen atoms in total. The van der Waals surface area contributed by atoms with Crippen molar-refractivity contribution in [3.05, 3.63) is 29.3 Å². The van der Waals surface area contributed by atoms with E-state index in [1.165, 1.54) is 19.3 Å². The van der Waals surface area contributed by atoms with E-state index in [0.29, 0.717) is 11.5 Å². The minimum Gasteiger partial charge on any atom is -0.506 e. The fourth-order valence-corrected chi connectivity index (χ4v) is 2.67. The monoisotopic (exact) mass is 230 g/mol. The SMILES string of the molecule is N#Cc1cccc([C@@H](N)C2CCCCC2)c1O. The van der Waals surface area contributed by atoms with Gasteiger partial charge in [-0.1, -0.05) is 31.4 Å². The van der Waals surface area contributed by atoms with Gasteiger partial charge in [0.25, 0.3) is 0 Å². The van der Waals surface area contributed by atoms with Gasteiger partial charge >= 0.3 is 0 Å². The van der Waals surface area contributed by atoms with Crippen LogP contribution in [0.5, 0.6) is 5.75 Å². The first kappa shape index (κ1) is 11.9.